The third kappa shape index (κ3) is 3.08. The monoisotopic (exact) mass is 372 g/mol. The Hall–Kier alpha value is -2.74. The van der Waals surface area contributed by atoms with Crippen LogP contribution >= 0.6 is 11.3 Å². The second-order valence-electron chi connectivity index (χ2n) is 6.51. The Kier molecular flexibility index (Phi) is 4.78. The van der Waals surface area contributed by atoms with Crippen molar-refractivity contribution in [2.24, 2.45) is 20.0 Å². The third-order valence-electron chi connectivity index (χ3n) is 4.36. The second kappa shape index (κ2) is 6.87. The number of aromatic nitrogens is 3. The highest BCUT2D eigenvalue weighted by Gasteiger charge is 2.21. The Labute approximate surface area is 153 Å². The van der Waals surface area contributed by atoms with Crippen LogP contribution in [-0.4, -0.2) is 20.0 Å². The summed E-state index contributed by atoms with van der Waals surface area (Å²) in [5, 5.41) is 5.22. The zero-order valence-electron chi connectivity index (χ0n) is 15.0. The van der Waals surface area contributed by atoms with Gasteiger partial charge >= 0.3 is 5.69 Å². The first-order valence-electron chi connectivity index (χ1n) is 8.21. The minimum absolute atomic E-state index is 0.124. The van der Waals surface area contributed by atoms with E-state index in [-0.39, 0.29) is 34.5 Å². The van der Waals surface area contributed by atoms with Crippen molar-refractivity contribution in [1.29, 1.82) is 0 Å². The normalized spacial score (nSPS) is 12.5. The number of nitrogens with zero attached hydrogens (tertiary/aromatic N) is 3. The summed E-state index contributed by atoms with van der Waals surface area (Å²) in [7, 11) is 2.95. The molecule has 26 heavy (non-hydrogen) atoms. The summed E-state index contributed by atoms with van der Waals surface area (Å²) >= 11 is 1.59. The molecular formula is C18H20N4O3S. The zero-order valence-corrected chi connectivity index (χ0v) is 15.8. The van der Waals surface area contributed by atoms with E-state index in [0.29, 0.717) is 0 Å². The first-order valence-corrected chi connectivity index (χ1v) is 9.09. The van der Waals surface area contributed by atoms with Crippen LogP contribution in [0.3, 0.4) is 0 Å². The lowest BCUT2D eigenvalue weighted by atomic mass is 10.0. The van der Waals surface area contributed by atoms with Crippen molar-refractivity contribution in [2.75, 3.05) is 0 Å². The largest absolute Gasteiger partial charge is 0.344 e. The Bertz CT molecular complexity index is 1080. The number of hydrogen-bond donors (Lipinski definition) is 1. The van der Waals surface area contributed by atoms with E-state index >= 15 is 0 Å². The topological polar surface area (TPSA) is 86.0 Å². The van der Waals surface area contributed by atoms with E-state index in [1.54, 1.807) is 18.4 Å². The van der Waals surface area contributed by atoms with Crippen molar-refractivity contribution >= 4 is 28.3 Å². The lowest BCUT2D eigenvalue weighted by molar-refractivity contribution is 0.0926. The molecule has 0 aliphatic rings. The predicted octanol–water partition coefficient (Wildman–Crippen LogP) is 1.82. The molecule has 136 valence electrons. The van der Waals surface area contributed by atoms with E-state index in [1.165, 1.54) is 23.9 Å². The minimum atomic E-state index is -0.469. The van der Waals surface area contributed by atoms with Crippen molar-refractivity contribution in [1.82, 2.24) is 19.4 Å². The van der Waals surface area contributed by atoms with Gasteiger partial charge in [-0.05, 0) is 23.4 Å². The molecule has 0 spiro atoms. The van der Waals surface area contributed by atoms with E-state index in [4.69, 9.17) is 0 Å². The number of pyridine rings is 1. The molecule has 1 unspecified atom stereocenters. The second-order valence-corrected chi connectivity index (χ2v) is 7.49. The quantitative estimate of drug-likeness (QED) is 0.757. The number of hydrogen-bond acceptors (Lipinski definition) is 5. The van der Waals surface area contributed by atoms with Crippen molar-refractivity contribution < 1.29 is 4.79 Å². The number of carbonyl (C=O) groups is 1. The van der Waals surface area contributed by atoms with E-state index in [9.17, 15) is 14.4 Å². The summed E-state index contributed by atoms with van der Waals surface area (Å²) in [6.07, 6.45) is 1.39. The average Bonchev–Trinajstić information content (AvgIpc) is 3.15. The number of carbonyl (C=O) groups excluding carboxylic acids is 1. The van der Waals surface area contributed by atoms with Gasteiger partial charge in [-0.15, -0.1) is 11.3 Å². The van der Waals surface area contributed by atoms with Gasteiger partial charge in [0.25, 0.3) is 11.5 Å². The van der Waals surface area contributed by atoms with Crippen LogP contribution in [0, 0.1) is 5.92 Å². The fraction of sp³-hybridized carbons (Fsp3) is 0.333. The van der Waals surface area contributed by atoms with Gasteiger partial charge in [-0.1, -0.05) is 19.9 Å². The highest BCUT2D eigenvalue weighted by Crippen LogP contribution is 2.26. The molecule has 1 atom stereocenters. The number of fused-ring (bicyclic) bond motifs is 1. The Morgan fingerprint density at radius 1 is 1.23 bits per heavy atom. The molecule has 1 N–H and O–H groups in total. The summed E-state index contributed by atoms with van der Waals surface area (Å²) < 4.78 is 2.30. The molecule has 0 saturated heterocycles. The van der Waals surface area contributed by atoms with E-state index < -0.39 is 11.2 Å². The van der Waals surface area contributed by atoms with Crippen molar-refractivity contribution in [3.05, 3.63) is 61.1 Å². The highest BCUT2D eigenvalue weighted by molar-refractivity contribution is 7.10. The lowest BCUT2D eigenvalue weighted by Crippen LogP contribution is -2.37. The van der Waals surface area contributed by atoms with Crippen LogP contribution in [0.5, 0.6) is 0 Å². The average molecular weight is 372 g/mol. The lowest BCUT2D eigenvalue weighted by Gasteiger charge is -2.21. The molecule has 0 aliphatic carbocycles. The van der Waals surface area contributed by atoms with Gasteiger partial charge in [0.2, 0.25) is 0 Å². The molecule has 8 heteroatoms. The van der Waals surface area contributed by atoms with Crippen LogP contribution in [0.4, 0.5) is 0 Å². The number of nitrogens with one attached hydrogen (secondary N) is 1. The zero-order chi connectivity index (χ0) is 19.0. The van der Waals surface area contributed by atoms with E-state index in [1.807, 2.05) is 31.4 Å². The molecule has 1 amide bonds. The molecular weight excluding hydrogens is 352 g/mol. The molecule has 3 heterocycles. The summed E-state index contributed by atoms with van der Waals surface area (Å²) in [5.41, 5.74) is -0.377. The first-order chi connectivity index (χ1) is 12.3. The Morgan fingerprint density at radius 2 is 1.96 bits per heavy atom. The SMILES string of the molecule is CC(C)C(NC(=O)c1cnc2c(c1)c(=O)n(C)c(=O)n2C)c1cccs1. The molecule has 0 bridgehead atoms. The summed E-state index contributed by atoms with van der Waals surface area (Å²) in [6.45, 7) is 4.07. The highest BCUT2D eigenvalue weighted by atomic mass is 32.1. The van der Waals surface area contributed by atoms with Gasteiger partial charge in [-0.2, -0.15) is 0 Å². The van der Waals surface area contributed by atoms with Crippen LogP contribution in [0.2, 0.25) is 0 Å². The van der Waals surface area contributed by atoms with Gasteiger partial charge in [0.15, 0.2) is 0 Å². The molecule has 3 aromatic heterocycles. The molecule has 3 aromatic rings. The van der Waals surface area contributed by atoms with E-state index in [0.717, 1.165) is 9.44 Å². The molecule has 0 aromatic carbocycles. The number of aryl methyl sites for hydroxylation is 1. The standard InChI is InChI=1S/C18H20N4O3S/c1-10(2)14(13-6-5-7-26-13)20-16(23)11-8-12-15(19-9-11)21(3)18(25)22(4)17(12)24/h5-10,14H,1-4H3,(H,20,23). The first kappa shape index (κ1) is 18.1. The number of thiophene rings is 1. The molecule has 7 nitrogen and oxygen atoms in total. The molecule has 0 aliphatic heterocycles. The van der Waals surface area contributed by atoms with Crippen LogP contribution in [-0.2, 0) is 14.1 Å². The smallest absolute Gasteiger partial charge is 0.332 e. The van der Waals surface area contributed by atoms with Gasteiger partial charge in [0, 0.05) is 25.2 Å². The number of amides is 1. The predicted molar refractivity (Wildman–Crippen MR) is 102 cm³/mol. The number of rotatable bonds is 4. The third-order valence-corrected chi connectivity index (χ3v) is 5.31. The maximum atomic E-state index is 12.7. The molecule has 0 saturated carbocycles. The Morgan fingerprint density at radius 3 is 2.58 bits per heavy atom. The summed E-state index contributed by atoms with van der Waals surface area (Å²) in [4.78, 5) is 42.3. The minimum Gasteiger partial charge on any atom is -0.344 e. The van der Waals surface area contributed by atoms with Crippen LogP contribution in [0.1, 0.15) is 35.1 Å². The van der Waals surface area contributed by atoms with Gasteiger partial charge in [-0.25, -0.2) is 9.78 Å². The van der Waals surface area contributed by atoms with E-state index in [2.05, 4.69) is 10.3 Å². The Balaban J connectivity index is 2.01. The van der Waals surface area contributed by atoms with Crippen molar-refractivity contribution in [3.8, 4) is 0 Å². The maximum Gasteiger partial charge on any atom is 0.332 e. The molecule has 0 radical (unpaired) electrons. The van der Waals surface area contributed by atoms with Crippen LogP contribution in [0.25, 0.3) is 11.0 Å². The van der Waals surface area contributed by atoms with Gasteiger partial charge in [0.1, 0.15) is 5.65 Å². The van der Waals surface area contributed by atoms with Gasteiger partial charge in [0.05, 0.1) is 17.0 Å². The van der Waals surface area contributed by atoms with Crippen molar-refractivity contribution in [3.63, 3.8) is 0 Å². The van der Waals surface area contributed by atoms with Gasteiger partial charge < -0.3 is 5.32 Å². The summed E-state index contributed by atoms with van der Waals surface area (Å²) in [5.74, 6) is -0.0953. The van der Waals surface area contributed by atoms with Crippen LogP contribution < -0.4 is 16.6 Å². The molecule has 3 rings (SSSR count). The maximum absolute atomic E-state index is 12.7. The molecule has 0 fully saturated rings. The van der Waals surface area contributed by atoms with Crippen molar-refractivity contribution in [2.45, 2.75) is 19.9 Å². The van der Waals surface area contributed by atoms with Gasteiger partial charge in [-0.3, -0.25) is 18.7 Å². The fourth-order valence-corrected chi connectivity index (χ4v) is 3.80. The summed E-state index contributed by atoms with van der Waals surface area (Å²) in [6, 6.07) is 5.30. The van der Waals surface area contributed by atoms with Crippen LogP contribution in [0.15, 0.2) is 39.4 Å². The fourth-order valence-electron chi connectivity index (χ4n) is 2.85.